The van der Waals surface area contributed by atoms with Gasteiger partial charge in [0.1, 0.15) is 6.04 Å². The highest BCUT2D eigenvalue weighted by Crippen LogP contribution is 2.19. The average molecular weight is 271 g/mol. The summed E-state index contributed by atoms with van der Waals surface area (Å²) in [4.78, 5) is 23.6. The standard InChI is InChI=1S/C14H29N3O2/c1-9(12(19)17-14(5,6)7)16-11(18)8-10(15)13(2,3)4/h9-10H,8,15H2,1-7H3,(H,16,18)(H,17,19). The van der Waals surface area contributed by atoms with Crippen LogP contribution >= 0.6 is 0 Å². The number of hydrogen-bond donors (Lipinski definition) is 3. The third-order valence-electron chi connectivity index (χ3n) is 2.79. The van der Waals surface area contributed by atoms with Gasteiger partial charge in [0.25, 0.3) is 0 Å². The summed E-state index contributed by atoms with van der Waals surface area (Å²) in [5.41, 5.74) is 5.51. The highest BCUT2D eigenvalue weighted by atomic mass is 16.2. The summed E-state index contributed by atoms with van der Waals surface area (Å²) in [5.74, 6) is -0.385. The van der Waals surface area contributed by atoms with Crippen molar-refractivity contribution in [3.8, 4) is 0 Å². The number of carbonyl (C=O) groups excluding carboxylic acids is 2. The Balaban J connectivity index is 4.31. The lowest BCUT2D eigenvalue weighted by Crippen LogP contribution is -2.51. The zero-order valence-electron chi connectivity index (χ0n) is 13.3. The van der Waals surface area contributed by atoms with Crippen molar-refractivity contribution in [2.75, 3.05) is 0 Å². The summed E-state index contributed by atoms with van der Waals surface area (Å²) in [6.45, 7) is 13.3. The molecule has 0 rings (SSSR count). The first-order chi connectivity index (χ1) is 8.33. The third kappa shape index (κ3) is 7.82. The minimum atomic E-state index is -0.557. The molecule has 5 nitrogen and oxygen atoms in total. The highest BCUT2D eigenvalue weighted by molar-refractivity contribution is 5.87. The molecule has 2 atom stereocenters. The van der Waals surface area contributed by atoms with E-state index in [1.807, 2.05) is 41.5 Å². The van der Waals surface area contributed by atoms with E-state index >= 15 is 0 Å². The number of nitrogens with two attached hydrogens (primary N) is 1. The Kier molecular flexibility index (Phi) is 6.00. The van der Waals surface area contributed by atoms with Gasteiger partial charge in [-0.25, -0.2) is 0 Å². The van der Waals surface area contributed by atoms with Crippen molar-refractivity contribution in [3.63, 3.8) is 0 Å². The molecule has 0 aromatic carbocycles. The van der Waals surface area contributed by atoms with Crippen molar-refractivity contribution < 1.29 is 9.59 Å². The lowest BCUT2D eigenvalue weighted by molar-refractivity contribution is -0.129. The highest BCUT2D eigenvalue weighted by Gasteiger charge is 2.25. The van der Waals surface area contributed by atoms with E-state index in [-0.39, 0.29) is 35.2 Å². The van der Waals surface area contributed by atoms with Gasteiger partial charge >= 0.3 is 0 Å². The molecule has 0 spiro atoms. The van der Waals surface area contributed by atoms with Crippen molar-refractivity contribution in [1.82, 2.24) is 10.6 Å². The van der Waals surface area contributed by atoms with Crippen molar-refractivity contribution in [2.24, 2.45) is 11.1 Å². The molecule has 0 aromatic heterocycles. The van der Waals surface area contributed by atoms with E-state index in [1.54, 1.807) is 6.92 Å². The van der Waals surface area contributed by atoms with Crippen LogP contribution in [0, 0.1) is 5.41 Å². The van der Waals surface area contributed by atoms with Crippen molar-refractivity contribution in [3.05, 3.63) is 0 Å². The van der Waals surface area contributed by atoms with Gasteiger partial charge in [0, 0.05) is 18.0 Å². The molecule has 2 amide bonds. The van der Waals surface area contributed by atoms with Crippen LogP contribution in [-0.2, 0) is 9.59 Å². The number of hydrogen-bond acceptors (Lipinski definition) is 3. The monoisotopic (exact) mass is 271 g/mol. The van der Waals surface area contributed by atoms with Gasteiger partial charge in [-0.05, 0) is 33.1 Å². The SMILES string of the molecule is CC(NC(=O)CC(N)C(C)(C)C)C(=O)NC(C)(C)C. The maximum absolute atomic E-state index is 11.8. The van der Waals surface area contributed by atoms with Gasteiger partial charge in [-0.3, -0.25) is 9.59 Å². The number of rotatable bonds is 4. The minimum Gasteiger partial charge on any atom is -0.350 e. The van der Waals surface area contributed by atoms with Crippen LogP contribution in [0.2, 0.25) is 0 Å². The zero-order chi connectivity index (χ0) is 15.4. The topological polar surface area (TPSA) is 84.2 Å². The summed E-state index contributed by atoms with van der Waals surface area (Å²) >= 11 is 0. The van der Waals surface area contributed by atoms with Crippen LogP contribution in [0.1, 0.15) is 54.9 Å². The van der Waals surface area contributed by atoms with Crippen molar-refractivity contribution in [2.45, 2.75) is 72.5 Å². The number of nitrogens with one attached hydrogen (secondary N) is 2. The summed E-state index contributed by atoms with van der Waals surface area (Å²) in [6.07, 6.45) is 0.219. The van der Waals surface area contributed by atoms with E-state index in [1.165, 1.54) is 0 Å². The van der Waals surface area contributed by atoms with Crippen LogP contribution in [0.5, 0.6) is 0 Å². The summed E-state index contributed by atoms with van der Waals surface area (Å²) in [7, 11) is 0. The molecule has 0 saturated heterocycles. The van der Waals surface area contributed by atoms with Crippen molar-refractivity contribution >= 4 is 11.8 Å². The third-order valence-corrected chi connectivity index (χ3v) is 2.79. The Morgan fingerprint density at radius 2 is 1.58 bits per heavy atom. The fourth-order valence-corrected chi connectivity index (χ4v) is 1.35. The van der Waals surface area contributed by atoms with Gasteiger partial charge in [-0.15, -0.1) is 0 Å². The Hall–Kier alpha value is -1.10. The molecule has 0 aliphatic rings. The van der Waals surface area contributed by atoms with Gasteiger partial charge in [0.05, 0.1) is 0 Å². The van der Waals surface area contributed by atoms with E-state index in [0.717, 1.165) is 0 Å². The molecule has 19 heavy (non-hydrogen) atoms. The molecular weight excluding hydrogens is 242 g/mol. The molecule has 0 radical (unpaired) electrons. The average Bonchev–Trinajstić information content (AvgIpc) is 2.12. The van der Waals surface area contributed by atoms with Gasteiger partial charge in [-0.2, -0.15) is 0 Å². The summed E-state index contributed by atoms with van der Waals surface area (Å²) in [6, 6.07) is -0.788. The summed E-state index contributed by atoms with van der Waals surface area (Å²) in [5, 5.41) is 5.50. The fourth-order valence-electron chi connectivity index (χ4n) is 1.35. The lowest BCUT2D eigenvalue weighted by atomic mass is 9.85. The Bertz CT molecular complexity index is 327. The molecule has 2 unspecified atom stereocenters. The molecule has 112 valence electrons. The van der Waals surface area contributed by atoms with E-state index < -0.39 is 6.04 Å². The quantitative estimate of drug-likeness (QED) is 0.717. The predicted octanol–water partition coefficient (Wildman–Crippen LogP) is 1.17. The lowest BCUT2D eigenvalue weighted by Gasteiger charge is -2.27. The van der Waals surface area contributed by atoms with Crippen LogP contribution in [0.25, 0.3) is 0 Å². The molecule has 4 N–H and O–H groups in total. The second-order valence-corrected chi connectivity index (χ2v) is 7.21. The maximum Gasteiger partial charge on any atom is 0.242 e. The fraction of sp³-hybridized carbons (Fsp3) is 0.857. The number of carbonyl (C=O) groups is 2. The van der Waals surface area contributed by atoms with Crippen LogP contribution in [0.15, 0.2) is 0 Å². The largest absolute Gasteiger partial charge is 0.350 e. The first-order valence-corrected chi connectivity index (χ1v) is 6.70. The van der Waals surface area contributed by atoms with Gasteiger partial charge in [0.15, 0.2) is 0 Å². The Morgan fingerprint density at radius 1 is 1.11 bits per heavy atom. The van der Waals surface area contributed by atoms with E-state index in [4.69, 9.17) is 5.73 Å². The summed E-state index contributed by atoms with van der Waals surface area (Å²) < 4.78 is 0. The van der Waals surface area contributed by atoms with Crippen LogP contribution in [-0.4, -0.2) is 29.4 Å². The zero-order valence-corrected chi connectivity index (χ0v) is 13.3. The van der Waals surface area contributed by atoms with Crippen LogP contribution in [0.4, 0.5) is 0 Å². The molecule has 0 aromatic rings. The maximum atomic E-state index is 11.8. The second kappa shape index (κ2) is 6.37. The molecule has 0 saturated carbocycles. The second-order valence-electron chi connectivity index (χ2n) is 7.21. The molecule has 0 bridgehead atoms. The van der Waals surface area contributed by atoms with Crippen LogP contribution in [0.3, 0.4) is 0 Å². The van der Waals surface area contributed by atoms with Crippen LogP contribution < -0.4 is 16.4 Å². The molecule has 5 heteroatoms. The molecular formula is C14H29N3O2. The minimum absolute atomic E-state index is 0.131. The van der Waals surface area contributed by atoms with E-state index in [9.17, 15) is 9.59 Å². The first kappa shape index (κ1) is 17.9. The van der Waals surface area contributed by atoms with E-state index in [0.29, 0.717) is 0 Å². The number of amides is 2. The van der Waals surface area contributed by atoms with Gasteiger partial charge < -0.3 is 16.4 Å². The molecule has 0 heterocycles. The first-order valence-electron chi connectivity index (χ1n) is 6.70. The van der Waals surface area contributed by atoms with Gasteiger partial charge in [-0.1, -0.05) is 20.8 Å². The van der Waals surface area contributed by atoms with E-state index in [2.05, 4.69) is 10.6 Å². The normalized spacial score (nSPS) is 15.6. The molecule has 0 fully saturated rings. The van der Waals surface area contributed by atoms with Gasteiger partial charge in [0.2, 0.25) is 11.8 Å². The predicted molar refractivity (Wildman–Crippen MR) is 77.5 cm³/mol. The molecule has 0 aliphatic heterocycles. The Labute approximate surface area is 116 Å². The smallest absolute Gasteiger partial charge is 0.242 e. The Morgan fingerprint density at radius 3 is 1.95 bits per heavy atom. The molecule has 0 aliphatic carbocycles. The van der Waals surface area contributed by atoms with Crippen molar-refractivity contribution in [1.29, 1.82) is 0 Å².